The van der Waals surface area contributed by atoms with Gasteiger partial charge in [-0.15, -0.1) is 6.58 Å². The lowest BCUT2D eigenvalue weighted by Crippen LogP contribution is -2.41. The fourth-order valence-corrected chi connectivity index (χ4v) is 2.63. The summed E-state index contributed by atoms with van der Waals surface area (Å²) in [5, 5.41) is 0. The quantitative estimate of drug-likeness (QED) is 0.686. The number of nitrogens with two attached hydrogens (primary N) is 1. The SMILES string of the molecule is C=C[C@H]1CCC[C@H](N)C(=O)O[C@@H](C)[C@@H]1Oc1ccccc1. The molecule has 1 aliphatic rings. The first-order chi connectivity index (χ1) is 10.1. The molecule has 1 saturated heterocycles. The van der Waals surface area contributed by atoms with Crippen LogP contribution in [0, 0.1) is 5.92 Å². The number of carbonyl (C=O) groups excluding carboxylic acids is 1. The van der Waals surface area contributed by atoms with Gasteiger partial charge in [0, 0.05) is 5.92 Å². The molecule has 1 aliphatic heterocycles. The molecule has 21 heavy (non-hydrogen) atoms. The van der Waals surface area contributed by atoms with Gasteiger partial charge in [0.2, 0.25) is 0 Å². The monoisotopic (exact) mass is 289 g/mol. The molecule has 0 aliphatic carbocycles. The minimum Gasteiger partial charge on any atom is -0.486 e. The van der Waals surface area contributed by atoms with Gasteiger partial charge < -0.3 is 15.2 Å². The number of ether oxygens (including phenoxy) is 2. The van der Waals surface area contributed by atoms with Crippen LogP contribution in [0.4, 0.5) is 0 Å². The Morgan fingerprint density at radius 3 is 2.71 bits per heavy atom. The van der Waals surface area contributed by atoms with Crippen LogP contribution in [-0.2, 0) is 9.53 Å². The highest BCUT2D eigenvalue weighted by Crippen LogP contribution is 2.26. The van der Waals surface area contributed by atoms with Crippen LogP contribution in [0.5, 0.6) is 5.75 Å². The Balaban J connectivity index is 2.19. The van der Waals surface area contributed by atoms with Crippen molar-refractivity contribution in [3.8, 4) is 5.75 Å². The van der Waals surface area contributed by atoms with Crippen LogP contribution in [0.1, 0.15) is 26.2 Å². The minimum atomic E-state index is -0.548. The molecule has 4 heteroatoms. The van der Waals surface area contributed by atoms with Gasteiger partial charge in [0.05, 0.1) is 0 Å². The molecule has 114 valence electrons. The lowest BCUT2D eigenvalue weighted by atomic mass is 9.92. The number of esters is 1. The first-order valence-electron chi connectivity index (χ1n) is 7.42. The van der Waals surface area contributed by atoms with Gasteiger partial charge in [-0.05, 0) is 31.9 Å². The minimum absolute atomic E-state index is 0.123. The van der Waals surface area contributed by atoms with Crippen molar-refractivity contribution in [2.45, 2.75) is 44.4 Å². The van der Waals surface area contributed by atoms with Crippen LogP contribution in [-0.4, -0.2) is 24.2 Å². The van der Waals surface area contributed by atoms with Gasteiger partial charge in [0.1, 0.15) is 24.0 Å². The third-order valence-electron chi connectivity index (χ3n) is 3.86. The first-order valence-corrected chi connectivity index (χ1v) is 7.42. The summed E-state index contributed by atoms with van der Waals surface area (Å²) in [6, 6.07) is 9.01. The van der Waals surface area contributed by atoms with E-state index >= 15 is 0 Å². The van der Waals surface area contributed by atoms with Gasteiger partial charge >= 0.3 is 5.97 Å². The van der Waals surface area contributed by atoms with Crippen LogP contribution in [0.15, 0.2) is 43.0 Å². The summed E-state index contributed by atoms with van der Waals surface area (Å²) >= 11 is 0. The Labute approximate surface area is 125 Å². The van der Waals surface area contributed by atoms with E-state index in [4.69, 9.17) is 15.2 Å². The van der Waals surface area contributed by atoms with Gasteiger partial charge in [-0.25, -0.2) is 0 Å². The maximum absolute atomic E-state index is 11.9. The Kier molecular flexibility index (Phi) is 5.39. The molecule has 0 amide bonds. The largest absolute Gasteiger partial charge is 0.486 e. The van der Waals surface area contributed by atoms with Crippen molar-refractivity contribution < 1.29 is 14.3 Å². The van der Waals surface area contributed by atoms with E-state index in [9.17, 15) is 4.79 Å². The predicted octanol–water partition coefficient (Wildman–Crippen LogP) is 2.68. The molecule has 1 heterocycles. The highest BCUT2D eigenvalue weighted by atomic mass is 16.6. The molecule has 4 nitrogen and oxygen atoms in total. The number of benzene rings is 1. The van der Waals surface area contributed by atoms with Gasteiger partial charge in [-0.2, -0.15) is 0 Å². The van der Waals surface area contributed by atoms with E-state index in [2.05, 4.69) is 6.58 Å². The normalized spacial score (nSPS) is 30.5. The fraction of sp³-hybridized carbons (Fsp3) is 0.471. The number of para-hydroxylation sites is 1. The lowest BCUT2D eigenvalue weighted by molar-refractivity contribution is -0.154. The van der Waals surface area contributed by atoms with Crippen molar-refractivity contribution in [2.75, 3.05) is 0 Å². The number of rotatable bonds is 3. The summed E-state index contributed by atoms with van der Waals surface area (Å²) in [5.41, 5.74) is 5.82. The van der Waals surface area contributed by atoms with Crippen molar-refractivity contribution in [3.63, 3.8) is 0 Å². The molecule has 0 unspecified atom stereocenters. The van der Waals surface area contributed by atoms with Crippen molar-refractivity contribution >= 4 is 5.97 Å². The van der Waals surface area contributed by atoms with Crippen molar-refractivity contribution in [1.82, 2.24) is 0 Å². The maximum Gasteiger partial charge on any atom is 0.323 e. The molecule has 0 saturated carbocycles. The molecule has 1 fully saturated rings. The molecule has 2 N–H and O–H groups in total. The number of cyclic esters (lactones) is 1. The molecule has 2 rings (SSSR count). The summed E-state index contributed by atoms with van der Waals surface area (Å²) in [6.45, 7) is 5.75. The lowest BCUT2D eigenvalue weighted by Gasteiger charge is -2.29. The van der Waals surface area contributed by atoms with Crippen LogP contribution in [0.2, 0.25) is 0 Å². The van der Waals surface area contributed by atoms with E-state index in [1.54, 1.807) is 0 Å². The van der Waals surface area contributed by atoms with Crippen molar-refractivity contribution in [2.24, 2.45) is 11.7 Å². The first kappa shape index (κ1) is 15.6. The molecular weight excluding hydrogens is 266 g/mol. The zero-order chi connectivity index (χ0) is 15.2. The average Bonchev–Trinajstić information content (AvgIpc) is 2.54. The standard InChI is InChI=1S/C17H23NO3/c1-3-13-8-7-11-15(18)17(19)20-12(2)16(13)21-14-9-5-4-6-10-14/h3-6,9-10,12-13,15-16H,1,7-8,11,18H2,2H3/t12-,13-,15-,16-/m0/s1. The Bertz CT molecular complexity index is 474. The Morgan fingerprint density at radius 2 is 2.05 bits per heavy atom. The van der Waals surface area contributed by atoms with Crippen molar-refractivity contribution in [1.29, 1.82) is 0 Å². The molecule has 0 spiro atoms. The van der Waals surface area contributed by atoms with E-state index < -0.39 is 6.04 Å². The summed E-state index contributed by atoms with van der Waals surface area (Å²) in [7, 11) is 0. The molecule has 1 aromatic carbocycles. The van der Waals surface area contributed by atoms with Gasteiger partial charge in [0.25, 0.3) is 0 Å². The van der Waals surface area contributed by atoms with Crippen LogP contribution >= 0.6 is 0 Å². The number of carbonyl (C=O) groups is 1. The summed E-state index contributed by atoms with van der Waals surface area (Å²) in [5.74, 6) is 0.535. The zero-order valence-corrected chi connectivity index (χ0v) is 12.4. The Morgan fingerprint density at radius 1 is 1.33 bits per heavy atom. The average molecular weight is 289 g/mol. The smallest absolute Gasteiger partial charge is 0.323 e. The van der Waals surface area contributed by atoms with Gasteiger partial charge in [0.15, 0.2) is 0 Å². The van der Waals surface area contributed by atoms with Gasteiger partial charge in [-0.1, -0.05) is 30.7 Å². The fourth-order valence-electron chi connectivity index (χ4n) is 2.63. The second-order valence-electron chi connectivity index (χ2n) is 5.47. The topological polar surface area (TPSA) is 61.6 Å². The third-order valence-corrected chi connectivity index (χ3v) is 3.86. The summed E-state index contributed by atoms with van der Waals surface area (Å²) < 4.78 is 11.5. The molecule has 1 aromatic rings. The molecular formula is C17H23NO3. The van der Waals surface area contributed by atoms with Crippen LogP contribution in [0.25, 0.3) is 0 Å². The molecule has 4 atom stereocenters. The maximum atomic E-state index is 11.9. The van der Waals surface area contributed by atoms with Gasteiger partial charge in [-0.3, -0.25) is 4.79 Å². The third kappa shape index (κ3) is 4.08. The molecule has 0 bridgehead atoms. The summed E-state index contributed by atoms with van der Waals surface area (Å²) in [4.78, 5) is 11.9. The van der Waals surface area contributed by atoms with E-state index in [1.807, 2.05) is 43.3 Å². The predicted molar refractivity (Wildman–Crippen MR) is 81.9 cm³/mol. The number of hydrogen-bond acceptors (Lipinski definition) is 4. The van der Waals surface area contributed by atoms with Crippen molar-refractivity contribution in [3.05, 3.63) is 43.0 Å². The molecule has 0 aromatic heterocycles. The van der Waals surface area contributed by atoms with E-state index in [0.29, 0.717) is 6.42 Å². The van der Waals surface area contributed by atoms with Crippen LogP contribution in [0.3, 0.4) is 0 Å². The van der Waals surface area contributed by atoms with E-state index in [0.717, 1.165) is 18.6 Å². The highest BCUT2D eigenvalue weighted by Gasteiger charge is 2.32. The van der Waals surface area contributed by atoms with Crippen LogP contribution < -0.4 is 10.5 Å². The Hall–Kier alpha value is -1.81. The van der Waals surface area contributed by atoms with E-state index in [1.165, 1.54) is 0 Å². The highest BCUT2D eigenvalue weighted by molar-refractivity contribution is 5.75. The summed E-state index contributed by atoms with van der Waals surface area (Å²) in [6.07, 6.45) is 3.64. The molecule has 0 radical (unpaired) electrons. The number of hydrogen-bond donors (Lipinski definition) is 1. The zero-order valence-electron chi connectivity index (χ0n) is 12.4. The second-order valence-corrected chi connectivity index (χ2v) is 5.47. The van der Waals surface area contributed by atoms with E-state index in [-0.39, 0.29) is 24.1 Å². The second kappa shape index (κ2) is 7.27.